The summed E-state index contributed by atoms with van der Waals surface area (Å²) < 4.78 is 35.9. The first-order chi connectivity index (χ1) is 9.40. The number of nitrogens with zero attached hydrogens (tertiary/aromatic N) is 2. The number of halogens is 3. The van der Waals surface area contributed by atoms with Crippen molar-refractivity contribution in [2.75, 3.05) is 26.2 Å². The number of aliphatic hydroxyl groups excluding tert-OH is 1. The van der Waals surface area contributed by atoms with Crippen LogP contribution in [0.25, 0.3) is 0 Å². The summed E-state index contributed by atoms with van der Waals surface area (Å²) in [6, 6.07) is 3.50. The van der Waals surface area contributed by atoms with Crippen molar-refractivity contribution in [3.8, 4) is 0 Å². The van der Waals surface area contributed by atoms with Crippen molar-refractivity contribution in [1.82, 2.24) is 15.2 Å². The molecular weight excluding hydrogens is 275 g/mol. The average Bonchev–Trinajstić information content (AvgIpc) is 2.37. The summed E-state index contributed by atoms with van der Waals surface area (Å²) in [5, 5.41) is 10.7. The summed E-state index contributed by atoms with van der Waals surface area (Å²) in [6.07, 6.45) is -1.24. The van der Waals surface area contributed by atoms with E-state index in [0.717, 1.165) is 5.56 Å². The number of alkyl halides is 3. The molecule has 0 unspecified atom stereocenters. The number of carbonyl (C=O) groups excluding carboxylic acids is 1. The Morgan fingerprint density at radius 1 is 1.45 bits per heavy atom. The number of rotatable bonds is 7. The second-order valence-electron chi connectivity index (χ2n) is 4.19. The van der Waals surface area contributed by atoms with E-state index in [-0.39, 0.29) is 19.7 Å². The van der Waals surface area contributed by atoms with Crippen LogP contribution < -0.4 is 5.32 Å². The normalized spacial score (nSPS) is 11.7. The predicted molar refractivity (Wildman–Crippen MR) is 65.7 cm³/mol. The smallest absolute Gasteiger partial charge is 0.395 e. The fourth-order valence-corrected chi connectivity index (χ4v) is 1.56. The van der Waals surface area contributed by atoms with Gasteiger partial charge in [-0.25, -0.2) is 0 Å². The number of aliphatic hydroxyl groups is 1. The molecule has 1 aromatic heterocycles. The third-order valence-electron chi connectivity index (χ3n) is 2.40. The van der Waals surface area contributed by atoms with E-state index in [2.05, 4.69) is 4.98 Å². The zero-order chi connectivity index (χ0) is 15.0. The summed E-state index contributed by atoms with van der Waals surface area (Å²) >= 11 is 0. The minimum atomic E-state index is -4.43. The topological polar surface area (TPSA) is 65.5 Å². The minimum Gasteiger partial charge on any atom is -0.395 e. The number of hydrogen-bond acceptors (Lipinski definition) is 4. The minimum absolute atomic E-state index is 0.188. The van der Waals surface area contributed by atoms with Gasteiger partial charge < -0.3 is 10.4 Å². The summed E-state index contributed by atoms with van der Waals surface area (Å²) in [5.41, 5.74) is 0.810. The zero-order valence-corrected chi connectivity index (χ0v) is 10.7. The molecular formula is C12H16F3N3O2. The molecule has 8 heteroatoms. The molecule has 20 heavy (non-hydrogen) atoms. The SMILES string of the molecule is O=C(CN(CCO)Cc1cccnc1)NCC(F)(F)F. The Hall–Kier alpha value is -1.67. The van der Waals surface area contributed by atoms with E-state index >= 15 is 0 Å². The van der Waals surface area contributed by atoms with Crippen LogP contribution in [0.15, 0.2) is 24.5 Å². The molecule has 0 fully saturated rings. The summed E-state index contributed by atoms with van der Waals surface area (Å²) in [7, 11) is 0. The van der Waals surface area contributed by atoms with Gasteiger partial charge in [0.2, 0.25) is 5.91 Å². The van der Waals surface area contributed by atoms with Crippen LogP contribution in [0, 0.1) is 0 Å². The molecule has 5 nitrogen and oxygen atoms in total. The molecule has 0 bridgehead atoms. The second-order valence-corrected chi connectivity index (χ2v) is 4.19. The van der Waals surface area contributed by atoms with Crippen LogP contribution in [-0.2, 0) is 11.3 Å². The van der Waals surface area contributed by atoms with Crippen molar-refractivity contribution >= 4 is 5.91 Å². The van der Waals surface area contributed by atoms with Gasteiger partial charge in [0.25, 0.3) is 0 Å². The molecule has 0 radical (unpaired) electrons. The molecule has 0 saturated carbocycles. The first kappa shape index (κ1) is 16.4. The van der Waals surface area contributed by atoms with E-state index in [4.69, 9.17) is 5.11 Å². The van der Waals surface area contributed by atoms with Crippen molar-refractivity contribution in [3.05, 3.63) is 30.1 Å². The molecule has 0 spiro atoms. The molecule has 1 rings (SSSR count). The Morgan fingerprint density at radius 2 is 2.20 bits per heavy atom. The van der Waals surface area contributed by atoms with Crippen molar-refractivity contribution in [2.24, 2.45) is 0 Å². The Labute approximate surface area is 114 Å². The molecule has 0 saturated heterocycles. The molecule has 0 aliphatic carbocycles. The van der Waals surface area contributed by atoms with Gasteiger partial charge in [-0.1, -0.05) is 6.07 Å². The van der Waals surface area contributed by atoms with Crippen LogP contribution in [0.3, 0.4) is 0 Å². The maximum absolute atomic E-state index is 12.0. The van der Waals surface area contributed by atoms with Crippen LogP contribution in [-0.4, -0.2) is 53.3 Å². The van der Waals surface area contributed by atoms with E-state index < -0.39 is 18.6 Å². The quantitative estimate of drug-likeness (QED) is 0.770. The Bertz CT molecular complexity index is 412. The lowest BCUT2D eigenvalue weighted by atomic mass is 10.2. The highest BCUT2D eigenvalue weighted by Gasteiger charge is 2.27. The van der Waals surface area contributed by atoms with E-state index in [1.807, 2.05) is 0 Å². The molecule has 0 aliphatic heterocycles. The van der Waals surface area contributed by atoms with Crippen LogP contribution >= 0.6 is 0 Å². The van der Waals surface area contributed by atoms with Gasteiger partial charge in [0.1, 0.15) is 6.54 Å². The molecule has 1 aromatic rings. The Kier molecular flexibility index (Phi) is 6.40. The Balaban J connectivity index is 2.48. The highest BCUT2D eigenvalue weighted by molar-refractivity contribution is 5.78. The number of hydrogen-bond donors (Lipinski definition) is 2. The third-order valence-corrected chi connectivity index (χ3v) is 2.40. The molecule has 0 aromatic carbocycles. The summed E-state index contributed by atoms with van der Waals surface area (Å²) in [4.78, 5) is 16.9. The maximum Gasteiger partial charge on any atom is 0.405 e. The summed E-state index contributed by atoms with van der Waals surface area (Å²) in [6.45, 7) is -1.24. The lowest BCUT2D eigenvalue weighted by Crippen LogP contribution is -2.41. The average molecular weight is 291 g/mol. The Morgan fingerprint density at radius 3 is 2.75 bits per heavy atom. The van der Waals surface area contributed by atoms with Gasteiger partial charge in [-0.3, -0.25) is 14.7 Å². The highest BCUT2D eigenvalue weighted by Crippen LogP contribution is 2.12. The standard InChI is InChI=1S/C12H16F3N3O2/c13-12(14,15)9-17-11(20)8-18(4-5-19)7-10-2-1-3-16-6-10/h1-3,6,19H,4-5,7-9H2,(H,17,20). The van der Waals surface area contributed by atoms with Crippen LogP contribution in [0.5, 0.6) is 0 Å². The van der Waals surface area contributed by atoms with E-state index in [9.17, 15) is 18.0 Å². The van der Waals surface area contributed by atoms with Gasteiger partial charge in [0, 0.05) is 25.5 Å². The van der Waals surface area contributed by atoms with Gasteiger partial charge >= 0.3 is 6.18 Å². The van der Waals surface area contributed by atoms with Crippen LogP contribution in [0.2, 0.25) is 0 Å². The van der Waals surface area contributed by atoms with Crippen molar-refractivity contribution in [3.63, 3.8) is 0 Å². The van der Waals surface area contributed by atoms with Gasteiger partial charge in [0.15, 0.2) is 0 Å². The monoisotopic (exact) mass is 291 g/mol. The van der Waals surface area contributed by atoms with Gasteiger partial charge in [-0.05, 0) is 11.6 Å². The lowest BCUT2D eigenvalue weighted by Gasteiger charge is -2.20. The largest absolute Gasteiger partial charge is 0.405 e. The van der Waals surface area contributed by atoms with Gasteiger partial charge in [0.05, 0.1) is 13.2 Å². The number of amides is 1. The number of nitrogens with one attached hydrogen (secondary N) is 1. The highest BCUT2D eigenvalue weighted by atomic mass is 19.4. The van der Waals surface area contributed by atoms with Crippen molar-refractivity contribution in [2.45, 2.75) is 12.7 Å². The fourth-order valence-electron chi connectivity index (χ4n) is 1.56. The third kappa shape index (κ3) is 7.05. The maximum atomic E-state index is 12.0. The van der Waals surface area contributed by atoms with E-state index in [1.54, 1.807) is 34.7 Å². The fraction of sp³-hybridized carbons (Fsp3) is 0.500. The molecule has 1 heterocycles. The van der Waals surface area contributed by atoms with Crippen LogP contribution in [0.4, 0.5) is 13.2 Å². The van der Waals surface area contributed by atoms with Gasteiger partial charge in [-0.2, -0.15) is 13.2 Å². The predicted octanol–water partition coefficient (Wildman–Crippen LogP) is 0.554. The summed E-state index contributed by atoms with van der Waals surface area (Å²) in [5.74, 6) is -0.736. The second kappa shape index (κ2) is 7.81. The van der Waals surface area contributed by atoms with Gasteiger partial charge in [-0.15, -0.1) is 0 Å². The van der Waals surface area contributed by atoms with E-state index in [0.29, 0.717) is 6.54 Å². The molecule has 1 amide bonds. The number of aromatic nitrogens is 1. The number of pyridine rings is 1. The molecule has 0 atom stereocenters. The lowest BCUT2D eigenvalue weighted by molar-refractivity contribution is -0.139. The molecule has 112 valence electrons. The first-order valence-corrected chi connectivity index (χ1v) is 5.96. The van der Waals surface area contributed by atoms with Crippen LogP contribution in [0.1, 0.15) is 5.56 Å². The van der Waals surface area contributed by atoms with Crippen molar-refractivity contribution in [1.29, 1.82) is 0 Å². The first-order valence-electron chi connectivity index (χ1n) is 5.96. The molecule has 0 aliphatic rings. The number of carbonyl (C=O) groups is 1. The van der Waals surface area contributed by atoms with E-state index in [1.165, 1.54) is 0 Å². The van der Waals surface area contributed by atoms with Crippen molar-refractivity contribution < 1.29 is 23.1 Å². The molecule has 2 N–H and O–H groups in total. The zero-order valence-electron chi connectivity index (χ0n) is 10.7.